The minimum atomic E-state index is -0.0874. The van der Waals surface area contributed by atoms with E-state index in [0.29, 0.717) is 5.69 Å². The van der Waals surface area contributed by atoms with Gasteiger partial charge in [0.15, 0.2) is 0 Å². The molecule has 0 saturated heterocycles. The molecule has 1 aromatic heterocycles. The van der Waals surface area contributed by atoms with Crippen molar-refractivity contribution in [1.82, 2.24) is 4.57 Å². The average Bonchev–Trinajstić information content (AvgIpc) is 2.25. The van der Waals surface area contributed by atoms with Crippen molar-refractivity contribution < 1.29 is 0 Å². The second kappa shape index (κ2) is 3.85. The zero-order valence-electron chi connectivity index (χ0n) is 9.40. The normalized spacial score (nSPS) is 10.4. The molecule has 2 aromatic rings. The van der Waals surface area contributed by atoms with Crippen LogP contribution < -0.4 is 11.3 Å². The van der Waals surface area contributed by atoms with Crippen LogP contribution in [0.15, 0.2) is 41.2 Å². The Bertz CT molecular complexity index is 567. The van der Waals surface area contributed by atoms with Crippen LogP contribution in [-0.2, 0) is 7.05 Å². The highest BCUT2D eigenvalue weighted by Crippen LogP contribution is 2.19. The Balaban J connectivity index is 2.64. The highest BCUT2D eigenvalue weighted by atomic mass is 16.1. The summed E-state index contributed by atoms with van der Waals surface area (Å²) in [6, 6.07) is 11.3. The number of pyridine rings is 1. The van der Waals surface area contributed by atoms with E-state index >= 15 is 0 Å². The lowest BCUT2D eigenvalue weighted by Gasteiger charge is -2.09. The van der Waals surface area contributed by atoms with E-state index in [1.807, 2.05) is 37.3 Å². The molecule has 3 nitrogen and oxygen atoms in total. The third-order valence-electron chi connectivity index (χ3n) is 2.63. The molecule has 2 N–H and O–H groups in total. The van der Waals surface area contributed by atoms with Gasteiger partial charge in [-0.15, -0.1) is 0 Å². The van der Waals surface area contributed by atoms with Crippen molar-refractivity contribution in [3.63, 3.8) is 0 Å². The molecule has 0 atom stereocenters. The first-order valence-corrected chi connectivity index (χ1v) is 5.11. The summed E-state index contributed by atoms with van der Waals surface area (Å²) in [4.78, 5) is 11.6. The molecule has 0 fully saturated rings. The molecule has 3 heteroatoms. The largest absolute Gasteiger partial charge is 0.399 e. The van der Waals surface area contributed by atoms with E-state index in [1.165, 1.54) is 11.6 Å². The van der Waals surface area contributed by atoms with Crippen LogP contribution in [0.3, 0.4) is 0 Å². The number of nitrogen functional groups attached to an aromatic ring is 1. The van der Waals surface area contributed by atoms with Gasteiger partial charge in [-0.1, -0.05) is 29.8 Å². The predicted octanol–water partition coefficient (Wildman–Crippen LogP) is 1.94. The van der Waals surface area contributed by atoms with Crippen LogP contribution in [0.5, 0.6) is 0 Å². The summed E-state index contributed by atoms with van der Waals surface area (Å²) in [5.74, 6) is 0. The Morgan fingerprint density at radius 3 is 2.38 bits per heavy atom. The van der Waals surface area contributed by atoms with Gasteiger partial charge >= 0.3 is 0 Å². The van der Waals surface area contributed by atoms with Gasteiger partial charge in [-0.25, -0.2) is 0 Å². The molecule has 1 heterocycles. The van der Waals surface area contributed by atoms with Crippen molar-refractivity contribution >= 4 is 5.69 Å². The van der Waals surface area contributed by atoms with Crippen molar-refractivity contribution in [2.45, 2.75) is 6.92 Å². The van der Waals surface area contributed by atoms with Crippen LogP contribution in [0.25, 0.3) is 11.3 Å². The summed E-state index contributed by atoms with van der Waals surface area (Å²) < 4.78 is 1.60. The van der Waals surface area contributed by atoms with E-state index < -0.39 is 0 Å². The lowest BCUT2D eigenvalue weighted by Crippen LogP contribution is -2.18. The number of anilines is 1. The molecule has 0 aliphatic carbocycles. The SMILES string of the molecule is Cc1ccc(-c2cc(N)cc(=O)n2C)cc1. The Morgan fingerprint density at radius 1 is 1.12 bits per heavy atom. The Kier molecular flexibility index (Phi) is 2.52. The van der Waals surface area contributed by atoms with Crippen molar-refractivity contribution in [2.24, 2.45) is 7.05 Å². The Hall–Kier alpha value is -2.03. The molecule has 82 valence electrons. The zero-order chi connectivity index (χ0) is 11.7. The summed E-state index contributed by atoms with van der Waals surface area (Å²) in [6.07, 6.45) is 0. The molecule has 1 aromatic carbocycles. The molecule has 0 radical (unpaired) electrons. The van der Waals surface area contributed by atoms with Crippen LogP contribution in [0.2, 0.25) is 0 Å². The van der Waals surface area contributed by atoms with Crippen LogP contribution in [-0.4, -0.2) is 4.57 Å². The van der Waals surface area contributed by atoms with Gasteiger partial charge in [-0.2, -0.15) is 0 Å². The molecule has 0 saturated carbocycles. The van der Waals surface area contributed by atoms with Gasteiger partial charge in [0, 0.05) is 18.8 Å². The number of benzene rings is 1. The fraction of sp³-hybridized carbons (Fsp3) is 0.154. The highest BCUT2D eigenvalue weighted by Gasteiger charge is 2.04. The fourth-order valence-corrected chi connectivity index (χ4v) is 1.66. The van der Waals surface area contributed by atoms with Gasteiger partial charge in [0.05, 0.1) is 5.69 Å². The summed E-state index contributed by atoms with van der Waals surface area (Å²) in [7, 11) is 1.75. The van der Waals surface area contributed by atoms with E-state index in [-0.39, 0.29) is 5.56 Å². The molecule has 0 aliphatic rings. The monoisotopic (exact) mass is 214 g/mol. The van der Waals surface area contributed by atoms with Gasteiger partial charge in [-0.3, -0.25) is 4.79 Å². The molecular formula is C13H14N2O. The second-order valence-corrected chi connectivity index (χ2v) is 3.94. The molecule has 0 unspecified atom stereocenters. The topological polar surface area (TPSA) is 48.0 Å². The lowest BCUT2D eigenvalue weighted by molar-refractivity contribution is 0.872. The van der Waals surface area contributed by atoms with Crippen LogP contribution in [0.1, 0.15) is 5.56 Å². The summed E-state index contributed by atoms with van der Waals surface area (Å²) in [5.41, 5.74) is 9.12. The molecule has 0 amide bonds. The van der Waals surface area contributed by atoms with Gasteiger partial charge in [-0.05, 0) is 18.6 Å². The fourth-order valence-electron chi connectivity index (χ4n) is 1.66. The zero-order valence-corrected chi connectivity index (χ0v) is 9.40. The first-order valence-electron chi connectivity index (χ1n) is 5.11. The maximum atomic E-state index is 11.6. The molecule has 0 spiro atoms. The van der Waals surface area contributed by atoms with Crippen LogP contribution in [0.4, 0.5) is 5.69 Å². The van der Waals surface area contributed by atoms with E-state index in [0.717, 1.165) is 11.3 Å². The van der Waals surface area contributed by atoms with E-state index in [1.54, 1.807) is 11.6 Å². The van der Waals surface area contributed by atoms with Crippen molar-refractivity contribution in [1.29, 1.82) is 0 Å². The second-order valence-electron chi connectivity index (χ2n) is 3.94. The summed E-state index contributed by atoms with van der Waals surface area (Å²) in [6.45, 7) is 2.03. The third-order valence-corrected chi connectivity index (χ3v) is 2.63. The number of nitrogens with zero attached hydrogens (tertiary/aromatic N) is 1. The highest BCUT2D eigenvalue weighted by molar-refractivity contribution is 5.63. The molecule has 0 bridgehead atoms. The lowest BCUT2D eigenvalue weighted by atomic mass is 10.1. The number of nitrogens with two attached hydrogens (primary N) is 1. The van der Waals surface area contributed by atoms with Gasteiger partial charge in [0.2, 0.25) is 0 Å². The van der Waals surface area contributed by atoms with Crippen molar-refractivity contribution in [2.75, 3.05) is 5.73 Å². The maximum Gasteiger partial charge on any atom is 0.252 e. The van der Waals surface area contributed by atoms with Gasteiger partial charge in [0.25, 0.3) is 5.56 Å². The van der Waals surface area contributed by atoms with Gasteiger partial charge < -0.3 is 10.3 Å². The Morgan fingerprint density at radius 2 is 1.75 bits per heavy atom. The van der Waals surface area contributed by atoms with Crippen molar-refractivity contribution in [3.05, 3.63) is 52.3 Å². The van der Waals surface area contributed by atoms with Crippen LogP contribution >= 0.6 is 0 Å². The molecular weight excluding hydrogens is 200 g/mol. The molecule has 0 aliphatic heterocycles. The standard InChI is InChI=1S/C13H14N2O/c1-9-3-5-10(6-4-9)12-7-11(14)8-13(16)15(12)2/h3-8H,14H2,1-2H3. The summed E-state index contributed by atoms with van der Waals surface area (Å²) >= 11 is 0. The molecule has 2 rings (SSSR count). The minimum absolute atomic E-state index is 0.0874. The number of hydrogen-bond donors (Lipinski definition) is 1. The number of hydrogen-bond acceptors (Lipinski definition) is 2. The number of rotatable bonds is 1. The smallest absolute Gasteiger partial charge is 0.252 e. The third kappa shape index (κ3) is 1.84. The van der Waals surface area contributed by atoms with E-state index in [2.05, 4.69) is 0 Å². The van der Waals surface area contributed by atoms with E-state index in [4.69, 9.17) is 5.73 Å². The Labute approximate surface area is 94.1 Å². The summed E-state index contributed by atoms with van der Waals surface area (Å²) in [5, 5.41) is 0. The quantitative estimate of drug-likeness (QED) is 0.788. The van der Waals surface area contributed by atoms with E-state index in [9.17, 15) is 4.79 Å². The number of aromatic nitrogens is 1. The first kappa shape index (κ1) is 10.5. The predicted molar refractivity (Wildman–Crippen MR) is 66.3 cm³/mol. The average molecular weight is 214 g/mol. The van der Waals surface area contributed by atoms with Gasteiger partial charge in [0.1, 0.15) is 0 Å². The number of aryl methyl sites for hydroxylation is 1. The van der Waals surface area contributed by atoms with Crippen molar-refractivity contribution in [3.8, 4) is 11.3 Å². The maximum absolute atomic E-state index is 11.6. The first-order chi connectivity index (χ1) is 7.58. The van der Waals surface area contributed by atoms with Crippen LogP contribution in [0, 0.1) is 6.92 Å². The minimum Gasteiger partial charge on any atom is -0.399 e. The molecule has 16 heavy (non-hydrogen) atoms.